The van der Waals surface area contributed by atoms with Crippen LogP contribution in [0.15, 0.2) is 138 Å². The Hall–Kier alpha value is -6.07. The molecule has 3 heterocycles. The Morgan fingerprint density at radius 3 is 2.32 bits per heavy atom. The van der Waals surface area contributed by atoms with Crippen LogP contribution in [-0.2, 0) is 5.41 Å². The molecule has 0 saturated heterocycles. The van der Waals surface area contributed by atoms with E-state index in [-0.39, 0.29) is 39.4 Å². The molecule has 0 atom stereocenters. The zero-order valence-electron chi connectivity index (χ0n) is 40.1. The lowest BCUT2D eigenvalue weighted by molar-refractivity contribution is 0.661. The second-order valence-electron chi connectivity index (χ2n) is 11.2. The highest BCUT2D eigenvalue weighted by Crippen LogP contribution is 2.53. The van der Waals surface area contributed by atoms with Crippen molar-refractivity contribution in [1.29, 1.82) is 0 Å². The van der Waals surface area contributed by atoms with Crippen molar-refractivity contribution in [2.24, 2.45) is 0 Å². The second kappa shape index (κ2) is 9.47. The van der Waals surface area contributed by atoms with Gasteiger partial charge in [0.2, 0.25) is 5.95 Å². The molecular weight excluding hydrogens is 576 g/mol. The van der Waals surface area contributed by atoms with E-state index in [1.165, 1.54) is 0 Å². The summed E-state index contributed by atoms with van der Waals surface area (Å²) in [5.41, 5.74) is -4.75. The molecule has 0 bridgehead atoms. The fourth-order valence-electron chi connectivity index (χ4n) is 6.57. The summed E-state index contributed by atoms with van der Waals surface area (Å²) in [5, 5.41) is 0.644. The molecule has 9 aromatic rings. The quantitative estimate of drug-likeness (QED) is 0.197. The van der Waals surface area contributed by atoms with Gasteiger partial charge in [-0.05, 0) is 46.5 Å². The molecule has 1 aliphatic carbocycles. The maximum absolute atomic E-state index is 9.68. The molecule has 222 valence electrons. The van der Waals surface area contributed by atoms with Gasteiger partial charge >= 0.3 is 0 Å². The third kappa shape index (κ3) is 3.62. The van der Waals surface area contributed by atoms with Crippen molar-refractivity contribution in [3.8, 4) is 39.9 Å². The summed E-state index contributed by atoms with van der Waals surface area (Å²) in [6.45, 7) is -7.29. The van der Waals surface area contributed by atoms with Crippen molar-refractivity contribution in [3.63, 3.8) is 0 Å². The van der Waals surface area contributed by atoms with Crippen molar-refractivity contribution in [2.75, 3.05) is 0 Å². The molecule has 0 saturated carbocycles. The van der Waals surface area contributed by atoms with Crippen LogP contribution in [0.5, 0.6) is 0 Å². The van der Waals surface area contributed by atoms with Crippen molar-refractivity contribution in [2.45, 2.75) is 19.1 Å². The van der Waals surface area contributed by atoms with Gasteiger partial charge in [-0.3, -0.25) is 4.57 Å². The average molecular weight is 621 g/mol. The molecular formula is C42H28N4O. The summed E-state index contributed by atoms with van der Waals surface area (Å²) < 4.78 is 151. The maximum Gasteiger partial charge on any atom is 0.238 e. The largest absolute Gasteiger partial charge is 0.456 e. The molecule has 6 aromatic carbocycles. The van der Waals surface area contributed by atoms with Crippen molar-refractivity contribution < 1.29 is 26.3 Å². The highest BCUT2D eigenvalue weighted by molar-refractivity contribution is 6.18. The molecule has 0 spiro atoms. The average Bonchev–Trinajstić information content (AvgIpc) is 3.93. The molecule has 0 N–H and O–H groups in total. The molecule has 1 aliphatic rings. The van der Waals surface area contributed by atoms with Crippen molar-refractivity contribution in [1.82, 2.24) is 19.5 Å². The smallest absolute Gasteiger partial charge is 0.238 e. The number of fused-ring (bicyclic) bond motifs is 10. The lowest BCUT2D eigenvalue weighted by Gasteiger charge is -2.21. The van der Waals surface area contributed by atoms with E-state index < -0.39 is 102 Å². The predicted molar refractivity (Wildman–Crippen MR) is 190 cm³/mol. The summed E-state index contributed by atoms with van der Waals surface area (Å²) in [5.74, 6) is -0.167. The monoisotopic (exact) mass is 620 g/mol. The number of hydrogen-bond acceptors (Lipinski definition) is 4. The Morgan fingerprint density at radius 2 is 1.40 bits per heavy atom. The first-order valence-corrected chi connectivity index (χ1v) is 14.7. The van der Waals surface area contributed by atoms with E-state index in [0.717, 1.165) is 9.95 Å². The van der Waals surface area contributed by atoms with Gasteiger partial charge in [-0.2, -0.15) is 9.97 Å². The van der Waals surface area contributed by atoms with Gasteiger partial charge in [-0.15, -0.1) is 0 Å². The standard InChI is InChI=1S/C42H28N4O/c1-42(2)30-19-9-6-15-26(30)37-31(42)23-24-33-38(37)27-16-7-10-20-32(27)46(33)41-44-39(25-13-4-3-5-14-25)43-40(45-41)29-18-12-22-35-36(29)28-17-8-11-21-34(28)47-35/h3-24H,1-2H3/i1D3,2D3,6D,7D,9D,10D,15D,16D,19D,20D,23D,24D. The summed E-state index contributed by atoms with van der Waals surface area (Å²) in [4.78, 5) is 14.6. The molecule has 5 nitrogen and oxygen atoms in total. The lowest BCUT2D eigenvalue weighted by atomic mass is 9.82. The van der Waals surface area contributed by atoms with Gasteiger partial charge < -0.3 is 4.42 Å². The molecule has 0 unspecified atom stereocenters. The van der Waals surface area contributed by atoms with E-state index in [9.17, 15) is 6.85 Å². The van der Waals surface area contributed by atoms with Crippen LogP contribution >= 0.6 is 0 Å². The van der Waals surface area contributed by atoms with Gasteiger partial charge in [0.1, 0.15) is 11.2 Å². The minimum absolute atomic E-state index is 0.0638. The normalized spacial score (nSPS) is 18.9. The van der Waals surface area contributed by atoms with Gasteiger partial charge in [0, 0.05) is 46.3 Å². The fourth-order valence-corrected chi connectivity index (χ4v) is 6.57. The van der Waals surface area contributed by atoms with Crippen molar-refractivity contribution in [3.05, 3.63) is 144 Å². The van der Waals surface area contributed by atoms with Crippen LogP contribution in [0.3, 0.4) is 0 Å². The van der Waals surface area contributed by atoms with E-state index in [1.54, 1.807) is 54.6 Å². The zero-order chi connectivity index (χ0) is 45.0. The van der Waals surface area contributed by atoms with Crippen molar-refractivity contribution >= 4 is 43.7 Å². The highest BCUT2D eigenvalue weighted by atomic mass is 16.3. The first-order chi connectivity index (χ1) is 29.7. The van der Waals surface area contributed by atoms with E-state index in [0.29, 0.717) is 27.7 Å². The van der Waals surface area contributed by atoms with Gasteiger partial charge in [0.15, 0.2) is 11.6 Å². The highest BCUT2D eigenvalue weighted by Gasteiger charge is 2.37. The molecule has 0 radical (unpaired) electrons. The summed E-state index contributed by atoms with van der Waals surface area (Å²) in [6, 6.07) is 13.1. The molecule has 0 amide bonds. The Morgan fingerprint density at radius 1 is 0.617 bits per heavy atom. The summed E-state index contributed by atoms with van der Waals surface area (Å²) >= 11 is 0. The molecule has 0 aliphatic heterocycles. The van der Waals surface area contributed by atoms with Crippen LogP contribution in [0.25, 0.3) is 83.6 Å². The topological polar surface area (TPSA) is 56.7 Å². The molecule has 47 heavy (non-hydrogen) atoms. The predicted octanol–water partition coefficient (Wildman–Crippen LogP) is 10.5. The van der Waals surface area contributed by atoms with Gasteiger partial charge in [-0.25, -0.2) is 4.98 Å². The van der Waals surface area contributed by atoms with E-state index >= 15 is 0 Å². The zero-order valence-corrected chi connectivity index (χ0v) is 24.1. The second-order valence-corrected chi connectivity index (χ2v) is 11.2. The van der Waals surface area contributed by atoms with Gasteiger partial charge in [-0.1, -0.05) is 123 Å². The first-order valence-electron chi connectivity index (χ1n) is 22.7. The number of furan rings is 1. The molecule has 10 rings (SSSR count). The van der Waals surface area contributed by atoms with Gasteiger partial charge in [0.05, 0.1) is 24.7 Å². The number of benzene rings is 6. The number of hydrogen-bond donors (Lipinski definition) is 0. The summed E-state index contributed by atoms with van der Waals surface area (Å²) in [6.07, 6.45) is 0. The molecule has 0 fully saturated rings. The minimum atomic E-state index is -3.64. The number of para-hydroxylation sites is 2. The van der Waals surface area contributed by atoms with E-state index in [4.69, 9.17) is 34.4 Å². The van der Waals surface area contributed by atoms with Gasteiger partial charge in [0.25, 0.3) is 0 Å². The molecule has 3 aromatic heterocycles. The Balaban J connectivity index is 1.47. The first kappa shape index (κ1) is 15.0. The van der Waals surface area contributed by atoms with Crippen LogP contribution in [0.2, 0.25) is 0 Å². The van der Waals surface area contributed by atoms with E-state index in [1.807, 2.05) is 18.2 Å². The Bertz CT molecular complexity index is 3490. The van der Waals surface area contributed by atoms with Crippen LogP contribution in [0.1, 0.15) is 46.8 Å². The number of nitrogens with zero attached hydrogens (tertiary/aromatic N) is 4. The Labute approximate surface area is 293 Å². The van der Waals surface area contributed by atoms with Crippen LogP contribution in [-0.4, -0.2) is 19.5 Å². The van der Waals surface area contributed by atoms with Crippen LogP contribution in [0, 0.1) is 0 Å². The van der Waals surface area contributed by atoms with Crippen LogP contribution in [0.4, 0.5) is 0 Å². The number of rotatable bonds is 3. The van der Waals surface area contributed by atoms with E-state index in [2.05, 4.69) is 0 Å². The number of aromatic nitrogens is 4. The fraction of sp³-hybridized carbons (Fsp3) is 0.0714. The van der Waals surface area contributed by atoms with Crippen LogP contribution < -0.4 is 0 Å². The SMILES string of the molecule is [2H]c1c([2H])c([2H])c2c(c1[2H])-c1c(c([2H])c([2H])c3c1c1c([2H])c([2H])c([2H])c([2H])c1n3-c1nc(-c3ccccc3)nc(-c3cccc4oc5ccccc5c34)n1)C2(C([2H])([2H])[2H])C([2H])([2H])[2H]. The third-order valence-electron chi connectivity index (χ3n) is 8.59. The Kier molecular flexibility index (Phi) is 3.03. The maximum atomic E-state index is 9.68. The summed E-state index contributed by atoms with van der Waals surface area (Å²) in [7, 11) is 0. The third-order valence-corrected chi connectivity index (χ3v) is 8.59. The lowest BCUT2D eigenvalue weighted by Crippen LogP contribution is -2.14. The molecule has 5 heteroatoms. The minimum Gasteiger partial charge on any atom is -0.456 e.